The van der Waals surface area contributed by atoms with Crippen LogP contribution in [0, 0.1) is 11.3 Å². The van der Waals surface area contributed by atoms with E-state index in [1.54, 1.807) is 18.2 Å². The highest BCUT2D eigenvalue weighted by Gasteiger charge is 2.28. The van der Waals surface area contributed by atoms with Gasteiger partial charge >= 0.3 is 0 Å². The van der Waals surface area contributed by atoms with Gasteiger partial charge in [-0.2, -0.15) is 5.26 Å². The second kappa shape index (κ2) is 8.02. The third-order valence-electron chi connectivity index (χ3n) is 4.70. The van der Waals surface area contributed by atoms with Crippen LogP contribution >= 0.6 is 23.5 Å². The second-order valence-corrected chi connectivity index (χ2v) is 8.53. The van der Waals surface area contributed by atoms with Crippen molar-refractivity contribution in [2.45, 2.75) is 10.1 Å². The first-order valence-corrected chi connectivity index (χ1v) is 11.0. The quantitative estimate of drug-likeness (QED) is 0.321. The largest absolute Gasteiger partial charge is 0.454 e. The number of hydrogen-bond donors (Lipinski definition) is 0. The van der Waals surface area contributed by atoms with E-state index in [1.807, 2.05) is 36.2 Å². The first-order valence-electron chi connectivity index (χ1n) is 9.18. The number of nitriles is 1. The van der Waals surface area contributed by atoms with Crippen LogP contribution in [0.5, 0.6) is 11.5 Å². The Morgan fingerprint density at radius 1 is 1.23 bits per heavy atom. The molecule has 0 amide bonds. The number of aromatic nitrogens is 2. The summed E-state index contributed by atoms with van der Waals surface area (Å²) in [5.74, 6) is 1.31. The minimum absolute atomic E-state index is 0.0138. The zero-order valence-corrected chi connectivity index (χ0v) is 17.8. The molecular formula is C21H14N4O4S2. The third-order valence-corrected chi connectivity index (χ3v) is 6.75. The van der Waals surface area contributed by atoms with Crippen LogP contribution in [-0.2, 0) is 4.79 Å². The van der Waals surface area contributed by atoms with Crippen LogP contribution in [0.25, 0.3) is 11.5 Å². The average Bonchev–Trinajstić information content (AvgIpc) is 3.52. The number of hydrogen-bond acceptors (Lipinski definition) is 10. The molecule has 0 atom stereocenters. The highest BCUT2D eigenvalue weighted by molar-refractivity contribution is 8.03. The molecule has 0 aliphatic carbocycles. The maximum absolute atomic E-state index is 12.8. The number of ketones is 1. The summed E-state index contributed by atoms with van der Waals surface area (Å²) >= 11 is 2.52. The summed E-state index contributed by atoms with van der Waals surface area (Å²) in [5.41, 5.74) is 1.78. The number of nitrogens with zero attached hydrogens (tertiary/aromatic N) is 4. The van der Waals surface area contributed by atoms with Crippen molar-refractivity contribution in [3.8, 4) is 29.0 Å². The van der Waals surface area contributed by atoms with Gasteiger partial charge < -0.3 is 18.8 Å². The van der Waals surface area contributed by atoms with Crippen LogP contribution < -0.4 is 14.4 Å². The standard InChI is InChI=1S/C21H14N4O4S2/c1-25-14-4-2-3-5-18(14)31-20(25)13(9-22)15(26)10-30-21-24-23-19(29-21)12-6-7-16-17(8-12)28-11-27-16/h2-8H,10-11H2,1H3/b20-13+. The first kappa shape index (κ1) is 19.5. The van der Waals surface area contributed by atoms with E-state index >= 15 is 0 Å². The van der Waals surface area contributed by atoms with Gasteiger partial charge in [0.1, 0.15) is 16.7 Å². The lowest BCUT2D eigenvalue weighted by Crippen LogP contribution is -2.16. The van der Waals surface area contributed by atoms with Gasteiger partial charge in [-0.15, -0.1) is 10.2 Å². The minimum atomic E-state index is -0.294. The Kier molecular flexibility index (Phi) is 5.05. The van der Waals surface area contributed by atoms with Gasteiger partial charge in [-0.3, -0.25) is 4.79 Å². The molecule has 2 aliphatic heterocycles. The fraction of sp³-hybridized carbons (Fsp3) is 0.143. The van der Waals surface area contributed by atoms with Gasteiger partial charge in [0.15, 0.2) is 17.3 Å². The number of carbonyl (C=O) groups excluding carboxylic acids is 1. The number of benzene rings is 2. The summed E-state index contributed by atoms with van der Waals surface area (Å²) in [6.07, 6.45) is 0. The fourth-order valence-electron chi connectivity index (χ4n) is 3.16. The summed E-state index contributed by atoms with van der Waals surface area (Å²) in [5, 5.41) is 18.5. The number of rotatable bonds is 5. The Hall–Kier alpha value is -3.42. The van der Waals surface area contributed by atoms with Crippen molar-refractivity contribution in [2.24, 2.45) is 0 Å². The number of allylic oxidation sites excluding steroid dienone is 1. The molecule has 0 saturated heterocycles. The smallest absolute Gasteiger partial charge is 0.277 e. The topological polar surface area (TPSA) is 101 Å². The molecule has 1 aromatic heterocycles. The monoisotopic (exact) mass is 450 g/mol. The predicted molar refractivity (Wildman–Crippen MR) is 115 cm³/mol. The number of carbonyl (C=O) groups is 1. The molecule has 0 unspecified atom stereocenters. The van der Waals surface area contributed by atoms with Gasteiger partial charge in [-0.25, -0.2) is 0 Å². The molecule has 3 aromatic rings. The highest BCUT2D eigenvalue weighted by atomic mass is 32.2. The summed E-state index contributed by atoms with van der Waals surface area (Å²) in [6.45, 7) is 0.182. The molecular weight excluding hydrogens is 436 g/mol. The molecule has 5 rings (SSSR count). The first-order chi connectivity index (χ1) is 15.1. The van der Waals surface area contributed by atoms with Gasteiger partial charge in [-0.1, -0.05) is 35.7 Å². The fourth-order valence-corrected chi connectivity index (χ4v) is 4.96. The molecule has 0 spiro atoms. The van der Waals surface area contributed by atoms with E-state index in [2.05, 4.69) is 16.3 Å². The minimum Gasteiger partial charge on any atom is -0.454 e. The highest BCUT2D eigenvalue weighted by Crippen LogP contribution is 2.46. The van der Waals surface area contributed by atoms with Crippen molar-refractivity contribution in [1.29, 1.82) is 5.26 Å². The molecule has 8 nitrogen and oxygen atoms in total. The Labute approximate surface area is 185 Å². The summed E-state index contributed by atoms with van der Waals surface area (Å²) in [4.78, 5) is 15.7. The Morgan fingerprint density at radius 2 is 2.06 bits per heavy atom. The van der Waals surface area contributed by atoms with Crippen molar-refractivity contribution in [3.05, 3.63) is 53.1 Å². The third kappa shape index (κ3) is 3.62. The van der Waals surface area contributed by atoms with Crippen molar-refractivity contribution < 1.29 is 18.7 Å². The number of anilines is 1. The van der Waals surface area contributed by atoms with E-state index in [-0.39, 0.29) is 29.1 Å². The maximum Gasteiger partial charge on any atom is 0.277 e. The van der Waals surface area contributed by atoms with Gasteiger partial charge in [0, 0.05) is 17.5 Å². The van der Waals surface area contributed by atoms with Gasteiger partial charge in [0.05, 0.1) is 11.4 Å². The molecule has 0 bridgehead atoms. The lowest BCUT2D eigenvalue weighted by atomic mass is 10.2. The molecule has 0 saturated carbocycles. The lowest BCUT2D eigenvalue weighted by molar-refractivity contribution is -0.112. The molecule has 0 fully saturated rings. The molecule has 154 valence electrons. The molecule has 31 heavy (non-hydrogen) atoms. The summed E-state index contributed by atoms with van der Waals surface area (Å²) < 4.78 is 16.3. The number of para-hydroxylation sites is 1. The summed E-state index contributed by atoms with van der Waals surface area (Å²) in [7, 11) is 1.85. The van der Waals surface area contributed by atoms with Crippen LogP contribution in [0.2, 0.25) is 0 Å². The van der Waals surface area contributed by atoms with Crippen LogP contribution in [0.15, 0.2) is 67.6 Å². The number of thioether (sulfide) groups is 2. The summed E-state index contributed by atoms with van der Waals surface area (Å²) in [6, 6.07) is 15.2. The Morgan fingerprint density at radius 3 is 2.90 bits per heavy atom. The van der Waals surface area contributed by atoms with Crippen LogP contribution in [0.3, 0.4) is 0 Å². The van der Waals surface area contributed by atoms with E-state index in [0.29, 0.717) is 28.0 Å². The molecule has 10 heteroatoms. The van der Waals surface area contributed by atoms with E-state index < -0.39 is 0 Å². The van der Waals surface area contributed by atoms with E-state index in [9.17, 15) is 10.1 Å². The van der Waals surface area contributed by atoms with Crippen molar-refractivity contribution >= 4 is 35.0 Å². The van der Waals surface area contributed by atoms with Crippen molar-refractivity contribution in [1.82, 2.24) is 10.2 Å². The van der Waals surface area contributed by atoms with E-state index in [0.717, 1.165) is 22.3 Å². The van der Waals surface area contributed by atoms with Crippen LogP contribution in [0.1, 0.15) is 0 Å². The molecule has 0 radical (unpaired) electrons. The molecule has 0 N–H and O–H groups in total. The van der Waals surface area contributed by atoms with E-state index in [1.165, 1.54) is 11.8 Å². The van der Waals surface area contributed by atoms with Gasteiger partial charge in [-0.05, 0) is 30.3 Å². The lowest BCUT2D eigenvalue weighted by Gasteiger charge is -2.14. The van der Waals surface area contributed by atoms with Crippen molar-refractivity contribution in [2.75, 3.05) is 24.5 Å². The number of fused-ring (bicyclic) bond motifs is 2. The second-order valence-electron chi connectivity index (χ2n) is 6.57. The number of ether oxygens (including phenoxy) is 2. The van der Waals surface area contributed by atoms with E-state index in [4.69, 9.17) is 13.9 Å². The van der Waals surface area contributed by atoms with Crippen LogP contribution in [0.4, 0.5) is 5.69 Å². The number of Topliss-reactive ketones (excluding diaryl/α,β-unsaturated/α-hetero) is 1. The zero-order chi connectivity index (χ0) is 21.4. The SMILES string of the molecule is CN1/C(=C(/C#N)C(=O)CSc2nnc(-c3ccc4c(c3)OCO4)o2)Sc2ccccc21. The van der Waals surface area contributed by atoms with Gasteiger partial charge in [0.25, 0.3) is 5.22 Å². The molecule has 3 heterocycles. The zero-order valence-electron chi connectivity index (χ0n) is 16.2. The van der Waals surface area contributed by atoms with Gasteiger partial charge in [0.2, 0.25) is 12.7 Å². The van der Waals surface area contributed by atoms with Crippen LogP contribution in [-0.4, -0.2) is 35.6 Å². The molecule has 2 aromatic carbocycles. The normalized spacial score (nSPS) is 15.5. The Balaban J connectivity index is 1.29. The Bertz CT molecular complexity index is 1260. The average molecular weight is 451 g/mol. The maximum atomic E-state index is 12.8. The predicted octanol–water partition coefficient (Wildman–Crippen LogP) is 4.10. The molecule has 2 aliphatic rings. The van der Waals surface area contributed by atoms with Crippen molar-refractivity contribution in [3.63, 3.8) is 0 Å².